The number of methoxy groups -OCH3 is 1. The van der Waals surface area contributed by atoms with Crippen LogP contribution < -0.4 is 9.80 Å². The minimum absolute atomic E-state index is 0.618. The molecule has 0 saturated heterocycles. The molecule has 0 spiro atoms. The third-order valence-corrected chi connectivity index (χ3v) is 6.34. The third kappa shape index (κ3) is 3.38. The second-order valence-corrected chi connectivity index (χ2v) is 8.51. The minimum Gasteiger partial charge on any atom is -0.380 e. The fraction of sp³-hybridized carbons (Fsp3) is 0.143. The largest absolute Gasteiger partial charge is 0.380 e. The Balaban J connectivity index is 1.48. The van der Waals surface area contributed by atoms with Gasteiger partial charge in [-0.1, -0.05) is 36.4 Å². The summed E-state index contributed by atoms with van der Waals surface area (Å²) in [6.07, 6.45) is 3.94. The molecule has 3 heterocycles. The highest BCUT2D eigenvalue weighted by molar-refractivity contribution is 6.04. The average molecular weight is 433 g/mol. The molecule has 3 aromatic carbocycles. The maximum absolute atomic E-state index is 5.27. The van der Waals surface area contributed by atoms with E-state index in [1.165, 1.54) is 11.3 Å². The fourth-order valence-corrected chi connectivity index (χ4v) is 4.65. The van der Waals surface area contributed by atoms with E-state index >= 15 is 0 Å². The predicted octanol–water partition coefficient (Wildman–Crippen LogP) is 6.14. The van der Waals surface area contributed by atoms with Gasteiger partial charge in [0.25, 0.3) is 0 Å². The van der Waals surface area contributed by atoms with Gasteiger partial charge < -0.3 is 14.5 Å². The van der Waals surface area contributed by atoms with Crippen molar-refractivity contribution in [2.24, 2.45) is 0 Å². The van der Waals surface area contributed by atoms with E-state index in [1.807, 2.05) is 24.5 Å². The van der Waals surface area contributed by atoms with Crippen LogP contribution in [-0.2, 0) is 11.3 Å². The number of rotatable bonds is 4. The van der Waals surface area contributed by atoms with Gasteiger partial charge in [0.1, 0.15) is 0 Å². The number of anilines is 3. The number of ether oxygens (including phenoxy) is 1. The summed E-state index contributed by atoms with van der Waals surface area (Å²) in [6.45, 7) is 1.40. The summed E-state index contributed by atoms with van der Waals surface area (Å²) in [4.78, 5) is 14.0. The van der Waals surface area contributed by atoms with Crippen molar-refractivity contribution in [3.63, 3.8) is 0 Å². The molecule has 6 rings (SSSR count). The van der Waals surface area contributed by atoms with Crippen LogP contribution in [0.3, 0.4) is 0 Å². The Morgan fingerprint density at radius 3 is 2.52 bits per heavy atom. The van der Waals surface area contributed by atoms with Crippen molar-refractivity contribution in [2.45, 2.75) is 6.61 Å². The van der Waals surface area contributed by atoms with Crippen LogP contribution in [0, 0.1) is 0 Å². The first-order chi connectivity index (χ1) is 16.2. The summed E-state index contributed by atoms with van der Waals surface area (Å²) >= 11 is 0. The van der Waals surface area contributed by atoms with Crippen molar-refractivity contribution in [3.05, 3.63) is 90.8 Å². The number of nitrogens with zero attached hydrogens (tertiary/aromatic N) is 4. The molecule has 5 nitrogen and oxygen atoms in total. The van der Waals surface area contributed by atoms with Crippen LogP contribution in [0.4, 0.5) is 17.1 Å². The van der Waals surface area contributed by atoms with Crippen molar-refractivity contribution in [1.29, 1.82) is 0 Å². The van der Waals surface area contributed by atoms with Crippen LogP contribution >= 0.6 is 0 Å². The van der Waals surface area contributed by atoms with Crippen LogP contribution in [0.2, 0.25) is 0 Å². The van der Waals surface area contributed by atoms with Gasteiger partial charge in [0.05, 0.1) is 41.9 Å². The first kappa shape index (κ1) is 19.7. The summed E-state index contributed by atoms with van der Waals surface area (Å²) in [5.74, 6) is 0. The normalized spacial score (nSPS) is 13.2. The Hall–Kier alpha value is -3.96. The van der Waals surface area contributed by atoms with Gasteiger partial charge in [-0.2, -0.15) is 0 Å². The zero-order chi connectivity index (χ0) is 22.4. The molecule has 0 amide bonds. The Morgan fingerprint density at radius 2 is 1.67 bits per heavy atom. The summed E-state index contributed by atoms with van der Waals surface area (Å²) in [7, 11) is 3.84. The number of pyridine rings is 2. The lowest BCUT2D eigenvalue weighted by Gasteiger charge is -2.21. The smallest absolute Gasteiger partial charge is 0.0950 e. The van der Waals surface area contributed by atoms with Gasteiger partial charge in [-0.05, 0) is 47.5 Å². The van der Waals surface area contributed by atoms with Gasteiger partial charge in [0.15, 0.2) is 0 Å². The van der Waals surface area contributed by atoms with E-state index in [9.17, 15) is 0 Å². The second kappa shape index (κ2) is 7.87. The zero-order valence-electron chi connectivity index (χ0n) is 18.7. The fourth-order valence-electron chi connectivity index (χ4n) is 4.65. The van der Waals surface area contributed by atoms with Crippen LogP contribution in [0.5, 0.6) is 0 Å². The molecule has 0 radical (unpaired) electrons. The van der Waals surface area contributed by atoms with Crippen molar-refractivity contribution in [1.82, 2.24) is 9.97 Å². The van der Waals surface area contributed by atoms with Crippen LogP contribution in [-0.4, -0.2) is 30.8 Å². The SMILES string of the molecule is COCc1ccc(N2CN(C)c3cnc4ccc(-c5cnc6ccccc6c5)cc4c32)cc1. The van der Waals surface area contributed by atoms with Crippen LogP contribution in [0.15, 0.2) is 85.2 Å². The van der Waals surface area contributed by atoms with Crippen LogP contribution in [0.25, 0.3) is 32.9 Å². The average Bonchev–Trinajstić information content (AvgIpc) is 3.21. The Morgan fingerprint density at radius 1 is 0.848 bits per heavy atom. The molecular weight excluding hydrogens is 408 g/mol. The van der Waals surface area contributed by atoms with E-state index in [4.69, 9.17) is 9.72 Å². The molecule has 33 heavy (non-hydrogen) atoms. The summed E-state index contributed by atoms with van der Waals surface area (Å²) < 4.78 is 5.27. The van der Waals surface area contributed by atoms with Gasteiger partial charge in [-0.15, -0.1) is 0 Å². The molecule has 1 aliphatic rings. The van der Waals surface area contributed by atoms with Gasteiger partial charge in [-0.3, -0.25) is 9.97 Å². The highest BCUT2D eigenvalue weighted by Gasteiger charge is 2.27. The van der Waals surface area contributed by atoms with Gasteiger partial charge in [-0.25, -0.2) is 0 Å². The number of benzene rings is 3. The highest BCUT2D eigenvalue weighted by atomic mass is 16.5. The Kier molecular flexibility index (Phi) is 4.70. The number of para-hydroxylation sites is 1. The van der Waals surface area contributed by atoms with Crippen molar-refractivity contribution in [2.75, 3.05) is 30.6 Å². The molecule has 162 valence electrons. The van der Waals surface area contributed by atoms with E-state index in [0.29, 0.717) is 6.61 Å². The Labute approximate surface area is 192 Å². The maximum atomic E-state index is 5.27. The van der Waals surface area contributed by atoms with Crippen molar-refractivity contribution in [3.8, 4) is 11.1 Å². The molecule has 5 heteroatoms. The molecular formula is C28H24N4O. The first-order valence-electron chi connectivity index (χ1n) is 11.1. The van der Waals surface area contributed by atoms with Gasteiger partial charge >= 0.3 is 0 Å². The van der Waals surface area contributed by atoms with E-state index in [2.05, 4.69) is 82.5 Å². The molecule has 5 aromatic rings. The number of hydrogen-bond acceptors (Lipinski definition) is 5. The van der Waals surface area contributed by atoms with Crippen molar-refractivity contribution >= 4 is 38.9 Å². The zero-order valence-corrected chi connectivity index (χ0v) is 18.7. The number of hydrogen-bond donors (Lipinski definition) is 0. The molecule has 0 saturated carbocycles. The minimum atomic E-state index is 0.618. The maximum Gasteiger partial charge on any atom is 0.0950 e. The van der Waals surface area contributed by atoms with Gasteiger partial charge in [0, 0.05) is 42.4 Å². The lowest BCUT2D eigenvalue weighted by Crippen LogP contribution is -2.24. The number of fused-ring (bicyclic) bond motifs is 4. The lowest BCUT2D eigenvalue weighted by molar-refractivity contribution is 0.185. The summed E-state index contributed by atoms with van der Waals surface area (Å²) in [6, 6.07) is 25.5. The molecule has 0 unspecified atom stereocenters. The predicted molar refractivity (Wildman–Crippen MR) is 135 cm³/mol. The third-order valence-electron chi connectivity index (χ3n) is 6.34. The standard InChI is InChI=1S/C28H24N4O/c1-31-18-32(23-10-7-19(8-11-23)17-33-2)28-24-14-20(9-12-26(24)30-16-27(28)31)22-13-21-5-3-4-6-25(21)29-15-22/h3-16H,17-18H2,1-2H3. The topological polar surface area (TPSA) is 41.5 Å². The summed E-state index contributed by atoms with van der Waals surface area (Å²) in [5.41, 5.74) is 8.90. The lowest BCUT2D eigenvalue weighted by atomic mass is 10.0. The molecule has 0 N–H and O–H groups in total. The molecule has 0 atom stereocenters. The quantitative estimate of drug-likeness (QED) is 0.341. The van der Waals surface area contributed by atoms with E-state index < -0.39 is 0 Å². The van der Waals surface area contributed by atoms with Gasteiger partial charge in [0.2, 0.25) is 0 Å². The number of aromatic nitrogens is 2. The molecule has 0 fully saturated rings. The van der Waals surface area contributed by atoms with E-state index in [1.54, 1.807) is 7.11 Å². The summed E-state index contributed by atoms with van der Waals surface area (Å²) in [5, 5.41) is 2.28. The Bertz CT molecular complexity index is 1480. The first-order valence-corrected chi connectivity index (χ1v) is 11.1. The molecule has 1 aliphatic heterocycles. The molecule has 0 aliphatic carbocycles. The molecule has 2 aromatic heterocycles. The molecule has 0 bridgehead atoms. The van der Waals surface area contributed by atoms with E-state index in [0.717, 1.165) is 51.0 Å². The highest BCUT2D eigenvalue weighted by Crippen LogP contribution is 2.44. The second-order valence-electron chi connectivity index (χ2n) is 8.51. The van der Waals surface area contributed by atoms with Crippen molar-refractivity contribution < 1.29 is 4.74 Å². The monoisotopic (exact) mass is 432 g/mol. The van der Waals surface area contributed by atoms with E-state index in [-0.39, 0.29) is 0 Å². The van der Waals surface area contributed by atoms with Crippen LogP contribution in [0.1, 0.15) is 5.56 Å².